The van der Waals surface area contributed by atoms with E-state index in [1.165, 1.54) is 11.8 Å². The number of benzene rings is 1. The van der Waals surface area contributed by atoms with Crippen LogP contribution in [0.4, 0.5) is 5.69 Å². The van der Waals surface area contributed by atoms with Gasteiger partial charge < -0.3 is 10.5 Å². The number of nitrogen functional groups attached to an aromatic ring is 1. The Morgan fingerprint density at radius 3 is 2.86 bits per heavy atom. The van der Waals surface area contributed by atoms with E-state index in [0.717, 1.165) is 10.6 Å². The smallest absolute Gasteiger partial charge is 0.120 e. The third-order valence-corrected chi connectivity index (χ3v) is 2.77. The highest BCUT2D eigenvalue weighted by atomic mass is 32.2. The topological polar surface area (TPSA) is 59.0 Å². The zero-order valence-electron chi connectivity index (χ0n) is 8.15. The van der Waals surface area contributed by atoms with Gasteiger partial charge in [-0.1, -0.05) is 0 Å². The summed E-state index contributed by atoms with van der Waals surface area (Å²) in [4.78, 5) is 0.887. The summed E-state index contributed by atoms with van der Waals surface area (Å²) in [5.74, 6) is 0.756. The Morgan fingerprint density at radius 1 is 1.57 bits per heavy atom. The summed E-state index contributed by atoms with van der Waals surface area (Å²) in [5.41, 5.74) is 6.44. The van der Waals surface area contributed by atoms with Gasteiger partial charge in [0.2, 0.25) is 0 Å². The molecule has 1 rings (SSSR count). The standard InChI is InChI=1S/C10H12N2OS/c1-7(6-11)14-10-5-8(13-2)3-4-9(10)12/h3-5,7H,12H2,1-2H3. The number of rotatable bonds is 3. The summed E-state index contributed by atoms with van der Waals surface area (Å²) >= 11 is 1.43. The predicted octanol–water partition coefficient (Wildman–Crippen LogP) is 2.28. The number of hydrogen-bond acceptors (Lipinski definition) is 4. The molecule has 1 aromatic carbocycles. The van der Waals surface area contributed by atoms with E-state index in [-0.39, 0.29) is 5.25 Å². The molecule has 0 bridgehead atoms. The summed E-state index contributed by atoms with van der Waals surface area (Å²) < 4.78 is 5.07. The van der Waals surface area contributed by atoms with Gasteiger partial charge in [-0.15, -0.1) is 11.8 Å². The van der Waals surface area contributed by atoms with Crippen LogP contribution in [0.15, 0.2) is 23.1 Å². The number of ether oxygens (including phenoxy) is 1. The molecule has 0 heterocycles. The van der Waals surface area contributed by atoms with Gasteiger partial charge in [0.05, 0.1) is 18.4 Å². The van der Waals surface area contributed by atoms with Gasteiger partial charge in [-0.05, 0) is 25.1 Å². The summed E-state index contributed by atoms with van der Waals surface area (Å²) in [6.45, 7) is 1.84. The van der Waals surface area contributed by atoms with Crippen LogP contribution in [0.25, 0.3) is 0 Å². The molecule has 4 heteroatoms. The number of thioether (sulfide) groups is 1. The van der Waals surface area contributed by atoms with Gasteiger partial charge in [0.25, 0.3) is 0 Å². The molecule has 0 spiro atoms. The van der Waals surface area contributed by atoms with E-state index in [2.05, 4.69) is 6.07 Å². The van der Waals surface area contributed by atoms with E-state index in [4.69, 9.17) is 15.7 Å². The molecule has 0 aromatic heterocycles. The van der Waals surface area contributed by atoms with Crippen molar-refractivity contribution in [2.45, 2.75) is 17.1 Å². The molecule has 2 N–H and O–H groups in total. The molecule has 0 radical (unpaired) electrons. The third kappa shape index (κ3) is 2.57. The second-order valence-electron chi connectivity index (χ2n) is 2.79. The van der Waals surface area contributed by atoms with E-state index < -0.39 is 0 Å². The molecule has 0 amide bonds. The molecule has 1 aromatic rings. The van der Waals surface area contributed by atoms with Crippen molar-refractivity contribution >= 4 is 17.4 Å². The zero-order valence-corrected chi connectivity index (χ0v) is 8.97. The first kappa shape index (κ1) is 10.7. The predicted molar refractivity (Wildman–Crippen MR) is 58.3 cm³/mol. The Labute approximate surface area is 87.9 Å². The first-order valence-corrected chi connectivity index (χ1v) is 5.05. The lowest BCUT2D eigenvalue weighted by Crippen LogP contribution is -1.95. The second kappa shape index (κ2) is 4.77. The van der Waals surface area contributed by atoms with Gasteiger partial charge in [-0.2, -0.15) is 5.26 Å². The van der Waals surface area contributed by atoms with Crippen LogP contribution in [0.3, 0.4) is 0 Å². The Hall–Kier alpha value is -1.34. The van der Waals surface area contributed by atoms with Gasteiger partial charge in [-0.25, -0.2) is 0 Å². The monoisotopic (exact) mass is 208 g/mol. The van der Waals surface area contributed by atoms with Crippen LogP contribution in [0.2, 0.25) is 0 Å². The highest BCUT2D eigenvalue weighted by Gasteiger charge is 2.06. The Bertz CT molecular complexity index is 360. The van der Waals surface area contributed by atoms with E-state index in [9.17, 15) is 0 Å². The van der Waals surface area contributed by atoms with Crippen molar-refractivity contribution in [3.63, 3.8) is 0 Å². The molecule has 0 fully saturated rings. The number of hydrogen-bond donors (Lipinski definition) is 1. The number of nitrogens with two attached hydrogens (primary N) is 1. The van der Waals surface area contributed by atoms with Crippen molar-refractivity contribution in [3.8, 4) is 11.8 Å². The van der Waals surface area contributed by atoms with Crippen molar-refractivity contribution in [2.24, 2.45) is 0 Å². The Balaban J connectivity index is 2.90. The van der Waals surface area contributed by atoms with E-state index in [0.29, 0.717) is 5.69 Å². The maximum Gasteiger partial charge on any atom is 0.120 e. The quantitative estimate of drug-likeness (QED) is 0.611. The minimum atomic E-state index is -0.107. The normalized spacial score (nSPS) is 11.8. The molecule has 3 nitrogen and oxygen atoms in total. The minimum absolute atomic E-state index is 0.107. The average molecular weight is 208 g/mol. The van der Waals surface area contributed by atoms with Crippen LogP contribution in [-0.2, 0) is 0 Å². The van der Waals surface area contributed by atoms with E-state index in [1.807, 2.05) is 13.0 Å². The fourth-order valence-electron chi connectivity index (χ4n) is 0.961. The summed E-state index contributed by atoms with van der Waals surface area (Å²) in [6.07, 6.45) is 0. The van der Waals surface area contributed by atoms with Crippen LogP contribution in [0, 0.1) is 11.3 Å². The van der Waals surface area contributed by atoms with Gasteiger partial charge >= 0.3 is 0 Å². The molecule has 0 saturated heterocycles. The molecular formula is C10H12N2OS. The minimum Gasteiger partial charge on any atom is -0.497 e. The van der Waals surface area contributed by atoms with Gasteiger partial charge in [0.1, 0.15) is 5.75 Å². The summed E-state index contributed by atoms with van der Waals surface area (Å²) in [6, 6.07) is 7.57. The molecule has 0 aliphatic heterocycles. The lowest BCUT2D eigenvalue weighted by atomic mass is 10.3. The van der Waals surface area contributed by atoms with Crippen molar-refractivity contribution in [1.29, 1.82) is 5.26 Å². The van der Waals surface area contributed by atoms with Crippen LogP contribution in [0.1, 0.15) is 6.92 Å². The van der Waals surface area contributed by atoms with Gasteiger partial charge in [0.15, 0.2) is 0 Å². The first-order chi connectivity index (χ1) is 6.67. The number of nitrogens with zero attached hydrogens (tertiary/aromatic N) is 1. The SMILES string of the molecule is COc1ccc(N)c(SC(C)C#N)c1. The molecule has 1 atom stereocenters. The Morgan fingerprint density at radius 2 is 2.29 bits per heavy atom. The van der Waals surface area contributed by atoms with Crippen molar-refractivity contribution < 1.29 is 4.74 Å². The van der Waals surface area contributed by atoms with Crippen LogP contribution >= 0.6 is 11.8 Å². The maximum absolute atomic E-state index is 8.67. The number of nitriles is 1. The van der Waals surface area contributed by atoms with Gasteiger partial charge in [0, 0.05) is 10.6 Å². The first-order valence-electron chi connectivity index (χ1n) is 4.17. The fraction of sp³-hybridized carbons (Fsp3) is 0.300. The molecule has 1 unspecified atom stereocenters. The maximum atomic E-state index is 8.67. The summed E-state index contributed by atoms with van der Waals surface area (Å²) in [7, 11) is 1.60. The molecule has 14 heavy (non-hydrogen) atoms. The zero-order chi connectivity index (χ0) is 10.6. The molecule has 0 aliphatic rings. The van der Waals surface area contributed by atoms with Gasteiger partial charge in [-0.3, -0.25) is 0 Å². The lowest BCUT2D eigenvalue weighted by Gasteiger charge is -2.08. The van der Waals surface area contributed by atoms with Crippen molar-refractivity contribution in [2.75, 3.05) is 12.8 Å². The second-order valence-corrected chi connectivity index (χ2v) is 4.18. The van der Waals surface area contributed by atoms with E-state index >= 15 is 0 Å². The molecule has 0 aliphatic carbocycles. The Kier molecular flexibility index (Phi) is 3.66. The molecular weight excluding hydrogens is 196 g/mol. The van der Waals surface area contributed by atoms with E-state index in [1.54, 1.807) is 19.2 Å². The highest BCUT2D eigenvalue weighted by Crippen LogP contribution is 2.31. The van der Waals surface area contributed by atoms with Crippen LogP contribution in [0.5, 0.6) is 5.75 Å². The molecule has 0 saturated carbocycles. The molecule has 74 valence electrons. The largest absolute Gasteiger partial charge is 0.497 e. The number of anilines is 1. The lowest BCUT2D eigenvalue weighted by molar-refractivity contribution is 0.414. The van der Waals surface area contributed by atoms with Crippen LogP contribution in [-0.4, -0.2) is 12.4 Å². The average Bonchev–Trinajstić information content (AvgIpc) is 2.21. The van der Waals surface area contributed by atoms with Crippen LogP contribution < -0.4 is 10.5 Å². The highest BCUT2D eigenvalue weighted by molar-refractivity contribution is 8.00. The summed E-state index contributed by atoms with van der Waals surface area (Å²) in [5, 5.41) is 8.56. The third-order valence-electron chi connectivity index (χ3n) is 1.71. The van der Waals surface area contributed by atoms with Crippen molar-refractivity contribution in [3.05, 3.63) is 18.2 Å². The fourth-order valence-corrected chi connectivity index (χ4v) is 1.78. The number of methoxy groups -OCH3 is 1. The van der Waals surface area contributed by atoms with Crippen molar-refractivity contribution in [1.82, 2.24) is 0 Å².